The van der Waals surface area contributed by atoms with Crippen LogP contribution < -0.4 is 20.5 Å². The molecule has 0 aliphatic carbocycles. The van der Waals surface area contributed by atoms with Crippen LogP contribution in [-0.4, -0.2) is 26.0 Å². The van der Waals surface area contributed by atoms with Gasteiger partial charge < -0.3 is 20.5 Å². The highest BCUT2D eigenvalue weighted by Crippen LogP contribution is 2.29. The van der Waals surface area contributed by atoms with Gasteiger partial charge in [-0.15, -0.1) is 11.3 Å². The smallest absolute Gasteiger partial charge is 0.251 e. The van der Waals surface area contributed by atoms with Gasteiger partial charge in [0.05, 0.1) is 19.8 Å². The number of ether oxygens (including phenoxy) is 2. The van der Waals surface area contributed by atoms with Crippen LogP contribution in [-0.2, 0) is 4.79 Å². The maximum absolute atomic E-state index is 12.0. The number of anilines is 1. The number of hydrogen-bond acceptors (Lipinski definition) is 5. The van der Waals surface area contributed by atoms with Crippen molar-refractivity contribution in [3.8, 4) is 11.5 Å². The molecule has 1 heterocycles. The van der Waals surface area contributed by atoms with Crippen LogP contribution in [0.15, 0.2) is 30.3 Å². The molecule has 0 radical (unpaired) electrons. The van der Waals surface area contributed by atoms with E-state index in [0.717, 1.165) is 10.4 Å². The van der Waals surface area contributed by atoms with E-state index in [1.807, 2.05) is 6.92 Å². The Bertz CT molecular complexity index is 796. The number of hydrogen-bond donors (Lipinski definition) is 2. The van der Waals surface area contributed by atoms with Gasteiger partial charge in [-0.25, -0.2) is 0 Å². The van der Waals surface area contributed by atoms with Crippen molar-refractivity contribution in [2.75, 3.05) is 19.5 Å². The predicted octanol–water partition coefficient (Wildman–Crippen LogP) is 2.82. The zero-order valence-corrected chi connectivity index (χ0v) is 14.4. The normalized spacial score (nSPS) is 10.6. The van der Waals surface area contributed by atoms with Crippen LogP contribution in [0.25, 0.3) is 6.08 Å². The number of primary amides is 1. The highest BCUT2D eigenvalue weighted by Gasteiger charge is 2.13. The van der Waals surface area contributed by atoms with Crippen LogP contribution in [0.3, 0.4) is 0 Å². The maximum Gasteiger partial charge on any atom is 0.251 e. The molecule has 3 N–H and O–H groups in total. The Morgan fingerprint density at radius 2 is 1.88 bits per heavy atom. The Balaban J connectivity index is 2.12. The minimum Gasteiger partial charge on any atom is -0.493 e. The van der Waals surface area contributed by atoms with Crippen LogP contribution in [0.1, 0.15) is 20.8 Å². The number of nitrogens with one attached hydrogen (secondary N) is 1. The van der Waals surface area contributed by atoms with Gasteiger partial charge in [0, 0.05) is 11.0 Å². The Hall–Kier alpha value is -2.80. The van der Waals surface area contributed by atoms with Crippen molar-refractivity contribution < 1.29 is 19.1 Å². The third kappa shape index (κ3) is 4.14. The van der Waals surface area contributed by atoms with Crippen LogP contribution >= 0.6 is 11.3 Å². The Morgan fingerprint density at radius 1 is 1.17 bits per heavy atom. The number of aryl methyl sites for hydroxylation is 1. The van der Waals surface area contributed by atoms with E-state index in [9.17, 15) is 9.59 Å². The number of carbonyl (C=O) groups excluding carboxylic acids is 2. The van der Waals surface area contributed by atoms with Gasteiger partial charge in [-0.05, 0) is 36.8 Å². The lowest BCUT2D eigenvalue weighted by atomic mass is 10.2. The highest BCUT2D eigenvalue weighted by molar-refractivity contribution is 7.16. The summed E-state index contributed by atoms with van der Waals surface area (Å²) in [6.07, 6.45) is 3.02. The van der Waals surface area contributed by atoms with Crippen molar-refractivity contribution in [1.82, 2.24) is 0 Å². The molecule has 0 fully saturated rings. The second-order valence-electron chi connectivity index (χ2n) is 4.90. The first-order valence-corrected chi connectivity index (χ1v) is 7.87. The van der Waals surface area contributed by atoms with Crippen molar-refractivity contribution in [3.05, 3.63) is 46.3 Å². The Labute approximate surface area is 143 Å². The van der Waals surface area contributed by atoms with Crippen molar-refractivity contribution >= 4 is 34.2 Å². The molecular formula is C17H18N2O4S. The summed E-state index contributed by atoms with van der Waals surface area (Å²) in [6.45, 7) is 1.84. The molecule has 2 rings (SSSR count). The monoisotopic (exact) mass is 346 g/mol. The van der Waals surface area contributed by atoms with Crippen LogP contribution in [0.2, 0.25) is 0 Å². The molecule has 0 saturated carbocycles. The topological polar surface area (TPSA) is 90.6 Å². The number of rotatable bonds is 6. The molecule has 24 heavy (non-hydrogen) atoms. The van der Waals surface area contributed by atoms with Gasteiger partial charge in [0.25, 0.3) is 5.91 Å². The lowest BCUT2D eigenvalue weighted by molar-refractivity contribution is -0.111. The number of nitrogens with two attached hydrogens (primary N) is 1. The SMILES string of the molecule is COc1ccc(/C=C/C(=O)Nc2sc(C)cc2C(N)=O)cc1OC. The van der Waals surface area contributed by atoms with E-state index in [0.29, 0.717) is 22.1 Å². The largest absolute Gasteiger partial charge is 0.493 e. The zero-order valence-electron chi connectivity index (χ0n) is 13.6. The fourth-order valence-electron chi connectivity index (χ4n) is 2.07. The van der Waals surface area contributed by atoms with E-state index < -0.39 is 5.91 Å². The molecular weight excluding hydrogens is 328 g/mol. The molecule has 0 aliphatic rings. The van der Waals surface area contributed by atoms with Gasteiger partial charge in [-0.3, -0.25) is 9.59 Å². The second kappa shape index (κ2) is 7.65. The van der Waals surface area contributed by atoms with Gasteiger partial charge in [0.2, 0.25) is 5.91 Å². The van der Waals surface area contributed by atoms with Crippen molar-refractivity contribution in [3.63, 3.8) is 0 Å². The third-order valence-corrected chi connectivity index (χ3v) is 4.16. The number of benzene rings is 1. The summed E-state index contributed by atoms with van der Waals surface area (Å²) in [5.74, 6) is 0.261. The summed E-state index contributed by atoms with van der Waals surface area (Å²) >= 11 is 1.30. The lowest BCUT2D eigenvalue weighted by Crippen LogP contribution is -2.14. The molecule has 1 aromatic carbocycles. The highest BCUT2D eigenvalue weighted by atomic mass is 32.1. The summed E-state index contributed by atoms with van der Waals surface area (Å²) in [5.41, 5.74) is 6.39. The average molecular weight is 346 g/mol. The van der Waals surface area contributed by atoms with Crippen molar-refractivity contribution in [2.24, 2.45) is 5.73 Å². The zero-order chi connectivity index (χ0) is 17.7. The van der Waals surface area contributed by atoms with E-state index in [1.165, 1.54) is 17.4 Å². The summed E-state index contributed by atoms with van der Waals surface area (Å²) < 4.78 is 10.4. The molecule has 0 bridgehead atoms. The van der Waals surface area contributed by atoms with Crippen LogP contribution in [0.5, 0.6) is 11.5 Å². The maximum atomic E-state index is 12.0. The number of methoxy groups -OCH3 is 2. The van der Waals surface area contributed by atoms with E-state index >= 15 is 0 Å². The van der Waals surface area contributed by atoms with Gasteiger partial charge >= 0.3 is 0 Å². The van der Waals surface area contributed by atoms with E-state index in [-0.39, 0.29) is 5.91 Å². The molecule has 2 amide bonds. The van der Waals surface area contributed by atoms with Gasteiger partial charge in [-0.2, -0.15) is 0 Å². The third-order valence-electron chi connectivity index (χ3n) is 3.19. The van der Waals surface area contributed by atoms with Crippen LogP contribution in [0, 0.1) is 6.92 Å². The molecule has 1 aromatic heterocycles. The Morgan fingerprint density at radius 3 is 2.50 bits per heavy atom. The molecule has 0 atom stereocenters. The van der Waals surface area contributed by atoms with Crippen molar-refractivity contribution in [2.45, 2.75) is 6.92 Å². The first kappa shape index (κ1) is 17.6. The van der Waals surface area contributed by atoms with E-state index in [4.69, 9.17) is 15.2 Å². The van der Waals surface area contributed by atoms with E-state index in [1.54, 1.807) is 44.6 Å². The number of amides is 2. The molecule has 2 aromatic rings. The molecule has 7 heteroatoms. The van der Waals surface area contributed by atoms with Gasteiger partial charge in [-0.1, -0.05) is 6.07 Å². The molecule has 6 nitrogen and oxygen atoms in total. The van der Waals surface area contributed by atoms with Crippen molar-refractivity contribution in [1.29, 1.82) is 0 Å². The molecule has 0 saturated heterocycles. The van der Waals surface area contributed by atoms with E-state index in [2.05, 4.69) is 5.32 Å². The first-order valence-electron chi connectivity index (χ1n) is 7.06. The predicted molar refractivity (Wildman–Crippen MR) is 94.8 cm³/mol. The minimum atomic E-state index is -0.571. The fraction of sp³-hybridized carbons (Fsp3) is 0.176. The molecule has 0 unspecified atom stereocenters. The summed E-state index contributed by atoms with van der Waals surface area (Å²) in [5, 5.41) is 3.12. The first-order chi connectivity index (χ1) is 11.4. The molecule has 126 valence electrons. The summed E-state index contributed by atoms with van der Waals surface area (Å²) in [6, 6.07) is 6.97. The molecule has 0 spiro atoms. The number of carbonyl (C=O) groups is 2. The number of thiophene rings is 1. The van der Waals surface area contributed by atoms with Gasteiger partial charge in [0.15, 0.2) is 11.5 Å². The average Bonchev–Trinajstić information content (AvgIpc) is 2.93. The lowest BCUT2D eigenvalue weighted by Gasteiger charge is -2.07. The standard InChI is InChI=1S/C17H18N2O4S/c1-10-8-12(16(18)21)17(24-10)19-15(20)7-5-11-4-6-13(22-2)14(9-11)23-3/h4-9H,1-3H3,(H2,18,21)(H,19,20)/b7-5+. The fourth-order valence-corrected chi connectivity index (χ4v) is 2.99. The summed E-state index contributed by atoms with van der Waals surface area (Å²) in [7, 11) is 3.10. The molecule has 0 aliphatic heterocycles. The van der Waals surface area contributed by atoms with Crippen LogP contribution in [0.4, 0.5) is 5.00 Å². The van der Waals surface area contributed by atoms with Gasteiger partial charge in [0.1, 0.15) is 5.00 Å². The minimum absolute atomic E-state index is 0.311. The Kier molecular flexibility index (Phi) is 5.59. The summed E-state index contributed by atoms with van der Waals surface area (Å²) in [4.78, 5) is 24.3. The quantitative estimate of drug-likeness (QED) is 0.787. The second-order valence-corrected chi connectivity index (χ2v) is 6.16.